The summed E-state index contributed by atoms with van der Waals surface area (Å²) in [6.07, 6.45) is 0. The quantitative estimate of drug-likeness (QED) is 0.693. The third-order valence-corrected chi connectivity index (χ3v) is 4.42. The Morgan fingerprint density at radius 3 is 2.40 bits per heavy atom. The minimum absolute atomic E-state index is 0.161. The fourth-order valence-electron chi connectivity index (χ4n) is 2.21. The van der Waals surface area contributed by atoms with E-state index in [4.69, 9.17) is 5.26 Å². The first-order valence-corrected chi connectivity index (χ1v) is 8.51. The van der Waals surface area contributed by atoms with Gasteiger partial charge in [-0.05, 0) is 20.8 Å². The summed E-state index contributed by atoms with van der Waals surface area (Å²) >= 11 is 0.940. The molecule has 9 heteroatoms. The summed E-state index contributed by atoms with van der Waals surface area (Å²) in [6.45, 7) is 8.61. The number of imide groups is 1. The smallest absolute Gasteiger partial charge is 0.321 e. The monoisotopic (exact) mass is 363 g/mol. The number of hydrogen-bond donors (Lipinski definition) is 3. The molecule has 0 aromatic heterocycles. The number of thioether (sulfide) groups is 1. The van der Waals surface area contributed by atoms with Gasteiger partial charge in [0, 0.05) is 11.0 Å². The van der Waals surface area contributed by atoms with Crippen LogP contribution in [0.1, 0.15) is 34.6 Å². The Kier molecular flexibility index (Phi) is 6.22. The second-order valence-electron chi connectivity index (χ2n) is 7.13. The topological polar surface area (TPSA) is 135 Å². The average molecular weight is 363 g/mol. The molecular weight excluding hydrogens is 342 g/mol. The highest BCUT2D eigenvalue weighted by molar-refractivity contribution is 8.03. The summed E-state index contributed by atoms with van der Waals surface area (Å²) in [5, 5.41) is 26.0. The minimum atomic E-state index is -0.988. The number of allylic oxidation sites excluding steroid dienone is 1. The number of nitriles is 2. The summed E-state index contributed by atoms with van der Waals surface area (Å²) in [5.41, 5.74) is -1.22. The van der Waals surface area contributed by atoms with Gasteiger partial charge in [-0.1, -0.05) is 25.6 Å². The van der Waals surface area contributed by atoms with E-state index in [-0.39, 0.29) is 16.4 Å². The van der Waals surface area contributed by atoms with E-state index < -0.39 is 34.7 Å². The normalized spacial score (nSPS) is 19.3. The van der Waals surface area contributed by atoms with E-state index in [1.807, 2.05) is 12.1 Å². The van der Waals surface area contributed by atoms with Gasteiger partial charge in [-0.3, -0.25) is 14.9 Å². The summed E-state index contributed by atoms with van der Waals surface area (Å²) in [6, 6.07) is 3.29. The van der Waals surface area contributed by atoms with Crippen molar-refractivity contribution in [3.05, 3.63) is 10.6 Å². The van der Waals surface area contributed by atoms with Crippen molar-refractivity contribution < 1.29 is 14.4 Å². The molecule has 1 atom stereocenters. The van der Waals surface area contributed by atoms with E-state index >= 15 is 0 Å². The van der Waals surface area contributed by atoms with Crippen molar-refractivity contribution in [2.75, 3.05) is 5.75 Å². The molecule has 0 bridgehead atoms. The van der Waals surface area contributed by atoms with Gasteiger partial charge < -0.3 is 10.6 Å². The zero-order valence-electron chi connectivity index (χ0n) is 14.8. The maximum atomic E-state index is 12.0. The van der Waals surface area contributed by atoms with Crippen LogP contribution in [0.4, 0.5) is 4.79 Å². The lowest BCUT2D eigenvalue weighted by molar-refractivity contribution is -0.125. The molecule has 25 heavy (non-hydrogen) atoms. The van der Waals surface area contributed by atoms with Crippen LogP contribution in [-0.4, -0.2) is 29.1 Å². The van der Waals surface area contributed by atoms with Crippen molar-refractivity contribution in [3.8, 4) is 12.1 Å². The minimum Gasteiger partial charge on any atom is -0.333 e. The van der Waals surface area contributed by atoms with Crippen LogP contribution in [0.25, 0.3) is 0 Å². The Hall–Kier alpha value is -2.52. The Labute approximate surface area is 151 Å². The van der Waals surface area contributed by atoms with Gasteiger partial charge >= 0.3 is 6.03 Å². The third kappa shape index (κ3) is 5.23. The number of nitrogens with zero attached hydrogens (tertiary/aromatic N) is 2. The highest BCUT2D eigenvalue weighted by Gasteiger charge is 2.44. The molecule has 1 heterocycles. The highest BCUT2D eigenvalue weighted by Crippen LogP contribution is 2.41. The summed E-state index contributed by atoms with van der Waals surface area (Å²) in [7, 11) is 0. The number of amides is 4. The lowest BCUT2D eigenvalue weighted by Gasteiger charge is -2.34. The van der Waals surface area contributed by atoms with Crippen molar-refractivity contribution in [2.24, 2.45) is 11.3 Å². The molecule has 1 rings (SSSR count). The third-order valence-electron chi connectivity index (χ3n) is 3.42. The Bertz CT molecular complexity index is 707. The van der Waals surface area contributed by atoms with Crippen LogP contribution >= 0.6 is 11.8 Å². The molecule has 0 aromatic carbocycles. The van der Waals surface area contributed by atoms with E-state index in [9.17, 15) is 19.6 Å². The lowest BCUT2D eigenvalue weighted by Crippen LogP contribution is -2.49. The van der Waals surface area contributed by atoms with E-state index in [1.165, 1.54) is 0 Å². The number of carbonyl (C=O) groups is 3. The molecule has 0 spiro atoms. The van der Waals surface area contributed by atoms with Gasteiger partial charge in [0.1, 0.15) is 5.92 Å². The fourth-order valence-corrected chi connectivity index (χ4v) is 3.18. The molecule has 8 nitrogen and oxygen atoms in total. The maximum Gasteiger partial charge on any atom is 0.321 e. The van der Waals surface area contributed by atoms with Gasteiger partial charge in [0.05, 0.1) is 28.5 Å². The predicted octanol–water partition coefficient (Wildman–Crippen LogP) is 1.37. The van der Waals surface area contributed by atoms with E-state index in [1.54, 1.807) is 34.6 Å². The molecule has 0 aliphatic carbocycles. The number of carbonyl (C=O) groups excluding carboxylic acids is 3. The van der Waals surface area contributed by atoms with E-state index in [2.05, 4.69) is 16.0 Å². The van der Waals surface area contributed by atoms with Crippen LogP contribution in [-0.2, 0) is 9.59 Å². The van der Waals surface area contributed by atoms with Gasteiger partial charge in [-0.15, -0.1) is 0 Å². The zero-order valence-corrected chi connectivity index (χ0v) is 15.6. The second kappa shape index (κ2) is 7.58. The van der Waals surface area contributed by atoms with Crippen molar-refractivity contribution in [1.82, 2.24) is 16.0 Å². The standard InChI is InChI=1S/C16H21N5O3S/c1-15(2,3)21-14(24)19-11(22)8-25-13-10(7-18)16(4,5)9(6-17)12(23)20-13/h9H,8H2,1-5H3,(H,20,23)(H2,19,21,22,24). The van der Waals surface area contributed by atoms with Crippen LogP contribution in [0.2, 0.25) is 0 Å². The van der Waals surface area contributed by atoms with Crippen molar-refractivity contribution in [2.45, 2.75) is 40.2 Å². The van der Waals surface area contributed by atoms with Gasteiger partial charge in [-0.25, -0.2) is 4.79 Å². The molecule has 0 saturated heterocycles. The van der Waals surface area contributed by atoms with Crippen molar-refractivity contribution >= 4 is 29.6 Å². The average Bonchev–Trinajstić information content (AvgIpc) is 2.42. The van der Waals surface area contributed by atoms with Crippen molar-refractivity contribution in [1.29, 1.82) is 10.5 Å². The second-order valence-corrected chi connectivity index (χ2v) is 8.12. The summed E-state index contributed by atoms with van der Waals surface area (Å²) in [5.74, 6) is -2.23. The number of nitrogens with one attached hydrogen (secondary N) is 3. The first-order valence-electron chi connectivity index (χ1n) is 7.52. The SMILES string of the molecule is CC(C)(C)NC(=O)NC(=O)CSC1=C(C#N)C(C)(C)C(C#N)C(=O)N1. The Balaban J connectivity index is 2.82. The molecule has 1 aliphatic rings. The predicted molar refractivity (Wildman–Crippen MR) is 92.6 cm³/mol. The first kappa shape index (κ1) is 20.5. The molecule has 1 unspecified atom stereocenters. The van der Waals surface area contributed by atoms with Gasteiger partial charge in [0.15, 0.2) is 0 Å². The molecule has 0 aromatic rings. The maximum absolute atomic E-state index is 12.0. The Morgan fingerprint density at radius 1 is 1.32 bits per heavy atom. The molecule has 0 fully saturated rings. The summed E-state index contributed by atoms with van der Waals surface area (Å²) in [4.78, 5) is 35.6. The molecule has 1 aliphatic heterocycles. The molecular formula is C16H21N5O3S. The van der Waals surface area contributed by atoms with Crippen LogP contribution in [0.15, 0.2) is 10.6 Å². The van der Waals surface area contributed by atoms with Crippen LogP contribution < -0.4 is 16.0 Å². The summed E-state index contributed by atoms with van der Waals surface area (Å²) < 4.78 is 0. The van der Waals surface area contributed by atoms with E-state index in [0.29, 0.717) is 0 Å². The molecule has 3 N–H and O–H groups in total. The van der Waals surface area contributed by atoms with Crippen LogP contribution in [0.3, 0.4) is 0 Å². The van der Waals surface area contributed by atoms with Gasteiger partial charge in [0.25, 0.3) is 0 Å². The Morgan fingerprint density at radius 2 is 1.92 bits per heavy atom. The van der Waals surface area contributed by atoms with E-state index in [0.717, 1.165) is 11.8 Å². The lowest BCUT2D eigenvalue weighted by atomic mass is 9.72. The largest absolute Gasteiger partial charge is 0.333 e. The number of hydrogen-bond acceptors (Lipinski definition) is 6. The molecule has 0 saturated carbocycles. The number of urea groups is 1. The van der Waals surface area contributed by atoms with Gasteiger partial charge in [-0.2, -0.15) is 10.5 Å². The van der Waals surface area contributed by atoms with Crippen molar-refractivity contribution in [3.63, 3.8) is 0 Å². The molecule has 134 valence electrons. The zero-order chi connectivity index (χ0) is 19.4. The highest BCUT2D eigenvalue weighted by atomic mass is 32.2. The van der Waals surface area contributed by atoms with Crippen LogP contribution in [0.5, 0.6) is 0 Å². The fraction of sp³-hybridized carbons (Fsp3) is 0.562. The number of rotatable bonds is 3. The first-order chi connectivity index (χ1) is 11.4. The van der Waals surface area contributed by atoms with Crippen LogP contribution in [0, 0.1) is 34.0 Å². The van der Waals surface area contributed by atoms with Gasteiger partial charge in [0.2, 0.25) is 11.8 Å². The molecule has 0 radical (unpaired) electrons. The molecule has 4 amide bonds.